The summed E-state index contributed by atoms with van der Waals surface area (Å²) in [6, 6.07) is 3.42. The molecule has 3 aliphatic rings. The molecule has 5 atom stereocenters. The van der Waals surface area contributed by atoms with Gasteiger partial charge in [0.25, 0.3) is 0 Å². The maximum atomic E-state index is 14.2. The van der Waals surface area contributed by atoms with E-state index in [1.165, 1.54) is 11.1 Å². The van der Waals surface area contributed by atoms with Gasteiger partial charge in [-0.25, -0.2) is 14.6 Å². The van der Waals surface area contributed by atoms with E-state index in [1.54, 1.807) is 7.05 Å². The van der Waals surface area contributed by atoms with Gasteiger partial charge in [-0.1, -0.05) is 13.8 Å². The van der Waals surface area contributed by atoms with Crippen molar-refractivity contribution in [2.24, 2.45) is 27.5 Å². The van der Waals surface area contributed by atoms with Crippen LogP contribution in [0.25, 0.3) is 0 Å². The maximum Gasteiger partial charge on any atom is 0.204 e. The zero-order valence-electron chi connectivity index (χ0n) is 20.7. The monoisotopic (exact) mass is 480 g/mol. The van der Waals surface area contributed by atoms with Crippen LogP contribution in [0, 0.1) is 11.6 Å². The molecule has 34 heavy (non-hydrogen) atoms. The number of ether oxygens (including phenoxy) is 1. The van der Waals surface area contributed by atoms with Crippen molar-refractivity contribution in [2.75, 3.05) is 26.7 Å². The molecule has 0 aliphatic carbocycles. The van der Waals surface area contributed by atoms with Crippen molar-refractivity contribution in [3.8, 4) is 0 Å². The summed E-state index contributed by atoms with van der Waals surface area (Å²) in [5.41, 5.74) is 6.54. The van der Waals surface area contributed by atoms with Crippen LogP contribution in [0.3, 0.4) is 0 Å². The van der Waals surface area contributed by atoms with Crippen molar-refractivity contribution >= 4 is 11.7 Å². The summed E-state index contributed by atoms with van der Waals surface area (Å²) in [5.74, 6) is 11.6. The molecule has 0 amide bonds. The summed E-state index contributed by atoms with van der Waals surface area (Å²) in [5, 5.41) is 5.22. The van der Waals surface area contributed by atoms with E-state index in [9.17, 15) is 8.78 Å². The lowest BCUT2D eigenvalue weighted by atomic mass is 9.93. The molecule has 0 aromatic heterocycles. The number of fused-ring (bicyclic) bond motifs is 1. The second kappa shape index (κ2) is 10.9. The lowest BCUT2D eigenvalue weighted by Gasteiger charge is -2.39. The van der Waals surface area contributed by atoms with Gasteiger partial charge in [0.2, 0.25) is 5.84 Å². The average Bonchev–Trinajstić information content (AvgIpc) is 3.35. The van der Waals surface area contributed by atoms with Crippen LogP contribution in [-0.4, -0.2) is 83.4 Å². The number of halogens is 2. The molecular weight excluding hydrogens is 442 g/mol. The first-order chi connectivity index (χ1) is 16.2. The molecule has 1 aromatic rings. The van der Waals surface area contributed by atoms with Gasteiger partial charge >= 0.3 is 0 Å². The van der Waals surface area contributed by atoms with Gasteiger partial charge in [-0.2, -0.15) is 5.10 Å². The number of likely N-dealkylation sites (tertiary alicyclic amines) is 1. The topological polar surface area (TPSA) is 122 Å². The first kappa shape index (κ1) is 26.3. The minimum absolute atomic E-state index is 0.0544. The molecule has 3 heterocycles. The lowest BCUT2D eigenvalue weighted by Crippen LogP contribution is -2.53. The van der Waals surface area contributed by atoms with E-state index in [-0.39, 0.29) is 29.7 Å². The molecule has 3 aliphatic heterocycles. The normalized spacial score (nSPS) is 29.6. The molecular formula is C23H38F2N8O. The fraction of sp³-hybridized carbons (Fsp3) is 0.652. The van der Waals surface area contributed by atoms with Gasteiger partial charge in [-0.05, 0) is 38.5 Å². The number of nitrogens with two attached hydrogens (primary N) is 3. The maximum absolute atomic E-state index is 14.2. The Kier molecular flexibility index (Phi) is 8.45. The molecule has 2 saturated heterocycles. The quantitative estimate of drug-likeness (QED) is 0.258. The fourth-order valence-corrected chi connectivity index (χ4v) is 5.14. The highest BCUT2D eigenvalue weighted by Crippen LogP contribution is 2.35. The van der Waals surface area contributed by atoms with Gasteiger partial charge in [0.05, 0.1) is 18.7 Å². The molecule has 0 radical (unpaired) electrons. The molecule has 190 valence electrons. The highest BCUT2D eigenvalue weighted by atomic mass is 19.1. The van der Waals surface area contributed by atoms with Gasteiger partial charge < -0.3 is 21.2 Å². The van der Waals surface area contributed by atoms with Crippen LogP contribution in [0.2, 0.25) is 0 Å². The van der Waals surface area contributed by atoms with E-state index in [0.29, 0.717) is 24.7 Å². The highest BCUT2D eigenvalue weighted by molar-refractivity contribution is 6.40. The second-order valence-corrected chi connectivity index (χ2v) is 9.08. The number of benzene rings is 1. The van der Waals surface area contributed by atoms with Crippen LogP contribution >= 0.6 is 0 Å². The van der Waals surface area contributed by atoms with E-state index < -0.39 is 23.8 Å². The van der Waals surface area contributed by atoms with Crippen LogP contribution in [0.4, 0.5) is 8.78 Å². The number of hydrazone groups is 1. The first-order valence-electron chi connectivity index (χ1n) is 11.9. The zero-order chi connectivity index (χ0) is 25.2. The molecule has 0 bridgehead atoms. The number of nitrogens with zero attached hydrogens (tertiary/aromatic N) is 5. The van der Waals surface area contributed by atoms with Gasteiger partial charge in [0, 0.05) is 43.8 Å². The van der Waals surface area contributed by atoms with Crippen molar-refractivity contribution < 1.29 is 13.5 Å². The van der Waals surface area contributed by atoms with Crippen molar-refractivity contribution in [2.45, 2.75) is 70.4 Å². The van der Waals surface area contributed by atoms with E-state index in [0.717, 1.165) is 25.2 Å². The Morgan fingerprint density at radius 3 is 2.56 bits per heavy atom. The molecule has 0 spiro atoms. The van der Waals surface area contributed by atoms with Crippen molar-refractivity contribution in [1.82, 2.24) is 14.8 Å². The van der Waals surface area contributed by atoms with Crippen molar-refractivity contribution in [3.05, 3.63) is 35.4 Å². The average molecular weight is 481 g/mol. The van der Waals surface area contributed by atoms with Crippen LogP contribution in [-0.2, 0) is 4.74 Å². The second-order valence-electron chi connectivity index (χ2n) is 9.08. The van der Waals surface area contributed by atoms with Crippen LogP contribution < -0.4 is 17.4 Å². The van der Waals surface area contributed by atoms with E-state index >= 15 is 0 Å². The Bertz CT molecular complexity index is 909. The van der Waals surface area contributed by atoms with Gasteiger partial charge in [0.1, 0.15) is 17.7 Å². The number of rotatable bonds is 4. The highest BCUT2D eigenvalue weighted by Gasteiger charge is 2.48. The number of aliphatic imine (C=N–C) groups is 1. The van der Waals surface area contributed by atoms with Crippen molar-refractivity contribution in [3.63, 3.8) is 0 Å². The predicted octanol–water partition coefficient (Wildman–Crippen LogP) is 1.40. The zero-order valence-corrected chi connectivity index (χ0v) is 20.7. The minimum Gasteiger partial charge on any atom is -0.370 e. The van der Waals surface area contributed by atoms with Gasteiger partial charge in [0.15, 0.2) is 5.84 Å². The number of amidine groups is 2. The third-order valence-corrected chi connectivity index (χ3v) is 6.57. The molecule has 6 N–H and O–H groups in total. The molecule has 0 saturated carbocycles. The molecule has 2 fully saturated rings. The number of hydrogen-bond acceptors (Lipinski definition) is 8. The third-order valence-electron chi connectivity index (χ3n) is 6.57. The molecule has 4 unspecified atom stereocenters. The fourth-order valence-electron chi connectivity index (χ4n) is 5.14. The Labute approximate surface area is 200 Å². The Hall–Kier alpha value is -2.34. The largest absolute Gasteiger partial charge is 0.370 e. The summed E-state index contributed by atoms with van der Waals surface area (Å²) in [6.07, 6.45) is -0.0384. The Morgan fingerprint density at radius 1 is 1.26 bits per heavy atom. The van der Waals surface area contributed by atoms with Gasteiger partial charge in [-0.3, -0.25) is 14.9 Å². The third kappa shape index (κ3) is 5.02. The van der Waals surface area contributed by atoms with E-state index in [4.69, 9.17) is 27.1 Å². The van der Waals surface area contributed by atoms with Gasteiger partial charge in [-0.15, -0.1) is 0 Å². The smallest absolute Gasteiger partial charge is 0.204 e. The van der Waals surface area contributed by atoms with Crippen LogP contribution in [0.1, 0.15) is 45.8 Å². The summed E-state index contributed by atoms with van der Waals surface area (Å²) in [6.45, 7) is 10.1. The number of hydrazine groups is 1. The molecule has 11 heteroatoms. The number of likely N-dealkylation sites (N-methyl/N-ethyl adjacent to an activating group) is 1. The summed E-state index contributed by atoms with van der Waals surface area (Å²) >= 11 is 0. The van der Waals surface area contributed by atoms with Crippen LogP contribution in [0.15, 0.2) is 28.3 Å². The standard InChI is InChI=1S/C21H32F2N8O.C2H6/c1-11(2)31-18-9-30(8-17(18)27-20(31)21(28-25)29(3)26)13-7-16(24)19(32-10-13)14-6-12(22)4-5-15(14)23;1-2/h4-6,11,13,16-19H,7-10,24-26H2,1-3H3;1-2H3/b28-21-;/t13?,16?,17?,18?,19-;/m1./s1. The Morgan fingerprint density at radius 2 is 1.97 bits per heavy atom. The first-order valence-corrected chi connectivity index (χ1v) is 11.9. The lowest BCUT2D eigenvalue weighted by molar-refractivity contribution is -0.0481. The molecule has 1 aromatic carbocycles. The predicted molar refractivity (Wildman–Crippen MR) is 130 cm³/mol. The minimum atomic E-state index is -0.663. The summed E-state index contributed by atoms with van der Waals surface area (Å²) < 4.78 is 33.8. The summed E-state index contributed by atoms with van der Waals surface area (Å²) in [4.78, 5) is 9.44. The van der Waals surface area contributed by atoms with Crippen LogP contribution in [0.5, 0.6) is 0 Å². The molecule has 9 nitrogen and oxygen atoms in total. The Balaban J connectivity index is 0.00000158. The van der Waals surface area contributed by atoms with E-state index in [1.807, 2.05) is 13.8 Å². The summed E-state index contributed by atoms with van der Waals surface area (Å²) in [7, 11) is 1.69. The number of hydrogen-bond donors (Lipinski definition) is 3. The van der Waals surface area contributed by atoms with Crippen molar-refractivity contribution in [1.29, 1.82) is 0 Å². The van der Waals surface area contributed by atoms with E-state index in [2.05, 4.69) is 28.7 Å². The molecule has 4 rings (SSSR count). The SMILES string of the molecule is CC.CC(C)N1C(/C(=N/N)N(C)N)=NC2CN(C3CO[C@H](c4cc(F)ccc4F)C(N)C3)CC21.